The van der Waals surface area contributed by atoms with E-state index >= 15 is 0 Å². The predicted octanol–water partition coefficient (Wildman–Crippen LogP) is 3.86. The third kappa shape index (κ3) is 2.43. The van der Waals surface area contributed by atoms with Crippen LogP contribution in [0.15, 0.2) is 6.07 Å². The summed E-state index contributed by atoms with van der Waals surface area (Å²) in [7, 11) is 0. The summed E-state index contributed by atoms with van der Waals surface area (Å²) >= 11 is 11.6. The van der Waals surface area contributed by atoms with E-state index in [2.05, 4.69) is 5.32 Å². The molecule has 1 atom stereocenters. The highest BCUT2D eigenvalue weighted by Gasteiger charge is 2.28. The smallest absolute Gasteiger partial charge is 0.309 e. The Morgan fingerprint density at radius 3 is 2.67 bits per heavy atom. The van der Waals surface area contributed by atoms with Gasteiger partial charge in [-0.2, -0.15) is 0 Å². The lowest BCUT2D eigenvalue weighted by molar-refractivity contribution is -0.384. The van der Waals surface area contributed by atoms with Crippen LogP contribution in [0.1, 0.15) is 30.9 Å². The van der Waals surface area contributed by atoms with Gasteiger partial charge in [0.05, 0.1) is 4.92 Å². The van der Waals surface area contributed by atoms with Crippen LogP contribution in [0.3, 0.4) is 0 Å². The summed E-state index contributed by atoms with van der Waals surface area (Å²) in [6.45, 7) is 0.791. The molecule has 18 heavy (non-hydrogen) atoms. The summed E-state index contributed by atoms with van der Waals surface area (Å²) in [6.07, 6.45) is 2.79. The van der Waals surface area contributed by atoms with Crippen LogP contribution in [-0.2, 0) is 0 Å². The van der Waals surface area contributed by atoms with Crippen molar-refractivity contribution in [1.82, 2.24) is 5.32 Å². The van der Waals surface area contributed by atoms with Crippen LogP contribution in [0.25, 0.3) is 0 Å². The maximum Gasteiger partial charge on any atom is 0.309 e. The molecular formula is C11H11Cl2FN2O2. The van der Waals surface area contributed by atoms with E-state index in [1.165, 1.54) is 6.07 Å². The van der Waals surface area contributed by atoms with Gasteiger partial charge in [-0.25, -0.2) is 4.39 Å². The van der Waals surface area contributed by atoms with Gasteiger partial charge in [-0.3, -0.25) is 10.1 Å². The molecule has 1 aromatic carbocycles. The first kappa shape index (κ1) is 13.5. The second kappa shape index (κ2) is 5.38. The van der Waals surface area contributed by atoms with Crippen molar-refractivity contribution < 1.29 is 9.31 Å². The fraction of sp³-hybridized carbons (Fsp3) is 0.455. The number of nitrogens with zero attached hydrogens (tertiary/aromatic N) is 1. The van der Waals surface area contributed by atoms with Crippen molar-refractivity contribution in [2.24, 2.45) is 0 Å². The van der Waals surface area contributed by atoms with Gasteiger partial charge < -0.3 is 5.32 Å². The Morgan fingerprint density at radius 2 is 2.11 bits per heavy atom. The van der Waals surface area contributed by atoms with Gasteiger partial charge in [0.15, 0.2) is 5.02 Å². The zero-order valence-corrected chi connectivity index (χ0v) is 10.9. The van der Waals surface area contributed by atoms with Crippen molar-refractivity contribution in [3.8, 4) is 0 Å². The van der Waals surface area contributed by atoms with E-state index in [0.717, 1.165) is 25.8 Å². The van der Waals surface area contributed by atoms with Crippen LogP contribution in [0.4, 0.5) is 10.1 Å². The molecule has 4 nitrogen and oxygen atoms in total. The normalized spacial score (nSPS) is 19.8. The predicted molar refractivity (Wildman–Crippen MR) is 67.7 cm³/mol. The second-order valence-electron chi connectivity index (χ2n) is 4.18. The number of hydrogen-bond donors (Lipinski definition) is 1. The van der Waals surface area contributed by atoms with E-state index in [9.17, 15) is 14.5 Å². The fourth-order valence-electron chi connectivity index (χ4n) is 2.14. The number of rotatable bonds is 2. The Bertz CT molecular complexity index is 490. The third-order valence-electron chi connectivity index (χ3n) is 3.03. The van der Waals surface area contributed by atoms with E-state index in [4.69, 9.17) is 23.2 Å². The molecule has 1 aliphatic rings. The van der Waals surface area contributed by atoms with E-state index < -0.39 is 21.5 Å². The molecule has 1 aromatic rings. The van der Waals surface area contributed by atoms with E-state index in [1.54, 1.807) is 0 Å². The molecule has 1 fully saturated rings. The molecule has 0 saturated carbocycles. The van der Waals surface area contributed by atoms with Crippen molar-refractivity contribution >= 4 is 28.9 Å². The summed E-state index contributed by atoms with van der Waals surface area (Å²) in [5, 5.41) is 13.4. The number of nitro groups is 1. The minimum atomic E-state index is -0.810. The van der Waals surface area contributed by atoms with Gasteiger partial charge in [0.2, 0.25) is 0 Å². The fourth-order valence-corrected chi connectivity index (χ4v) is 2.76. The highest BCUT2D eigenvalue weighted by Crippen LogP contribution is 2.40. The Labute approximate surface area is 113 Å². The van der Waals surface area contributed by atoms with Gasteiger partial charge in [-0.1, -0.05) is 29.6 Å². The molecule has 0 aliphatic carbocycles. The first-order valence-electron chi connectivity index (χ1n) is 5.57. The largest absolute Gasteiger partial charge is 0.310 e. The molecule has 1 saturated heterocycles. The summed E-state index contributed by atoms with van der Waals surface area (Å²) in [5.41, 5.74) is -0.148. The third-order valence-corrected chi connectivity index (χ3v) is 3.79. The standard InChI is InChI=1S/C11H11Cl2FN2O2/c12-9-6(8-3-1-2-4-15-8)5-7(14)10(13)11(9)16(17)18/h5,8,15H,1-4H2. The number of nitro benzene ring substituents is 1. The Hall–Kier alpha value is -0.910. The maximum atomic E-state index is 13.6. The molecule has 1 unspecified atom stereocenters. The lowest BCUT2D eigenvalue weighted by Crippen LogP contribution is -2.27. The lowest BCUT2D eigenvalue weighted by atomic mass is 9.97. The molecule has 1 aliphatic heterocycles. The molecule has 0 aromatic heterocycles. The quantitative estimate of drug-likeness (QED) is 0.512. The zero-order chi connectivity index (χ0) is 13.3. The van der Waals surface area contributed by atoms with E-state index in [1.807, 2.05) is 0 Å². The van der Waals surface area contributed by atoms with Crippen molar-refractivity contribution in [2.75, 3.05) is 6.54 Å². The van der Waals surface area contributed by atoms with Crippen molar-refractivity contribution in [3.63, 3.8) is 0 Å². The number of halogens is 3. The minimum absolute atomic E-state index is 0.0780. The number of hydrogen-bond acceptors (Lipinski definition) is 3. The van der Waals surface area contributed by atoms with Crippen molar-refractivity contribution in [3.05, 3.63) is 37.6 Å². The molecule has 7 heteroatoms. The summed E-state index contributed by atoms with van der Waals surface area (Å²) in [4.78, 5) is 10.1. The molecule has 98 valence electrons. The molecule has 1 heterocycles. The highest BCUT2D eigenvalue weighted by atomic mass is 35.5. The monoisotopic (exact) mass is 292 g/mol. The van der Waals surface area contributed by atoms with Gasteiger partial charge in [0, 0.05) is 6.04 Å². The Balaban J connectivity index is 2.50. The van der Waals surface area contributed by atoms with Gasteiger partial charge in [-0.15, -0.1) is 0 Å². The summed E-state index contributed by atoms with van der Waals surface area (Å²) < 4.78 is 13.6. The average Bonchev–Trinajstić information content (AvgIpc) is 2.34. The summed E-state index contributed by atoms with van der Waals surface area (Å²) in [5.74, 6) is -0.810. The topological polar surface area (TPSA) is 55.2 Å². The first-order chi connectivity index (χ1) is 8.52. The van der Waals surface area contributed by atoms with Crippen molar-refractivity contribution in [1.29, 1.82) is 0 Å². The van der Waals surface area contributed by atoms with Crippen LogP contribution in [0.5, 0.6) is 0 Å². The van der Waals surface area contributed by atoms with Crippen LogP contribution in [0.2, 0.25) is 10.0 Å². The second-order valence-corrected chi connectivity index (χ2v) is 4.94. The average molecular weight is 293 g/mol. The molecule has 1 N–H and O–H groups in total. The van der Waals surface area contributed by atoms with Gasteiger partial charge in [0.25, 0.3) is 0 Å². The van der Waals surface area contributed by atoms with E-state index in [-0.39, 0.29) is 11.1 Å². The molecule has 2 rings (SSSR count). The number of benzene rings is 1. The van der Waals surface area contributed by atoms with Crippen LogP contribution >= 0.6 is 23.2 Å². The number of nitrogens with one attached hydrogen (secondary N) is 1. The van der Waals surface area contributed by atoms with Crippen LogP contribution in [-0.4, -0.2) is 11.5 Å². The van der Waals surface area contributed by atoms with Crippen LogP contribution < -0.4 is 5.32 Å². The minimum Gasteiger partial charge on any atom is -0.310 e. The Kier molecular flexibility index (Phi) is 4.04. The maximum absolute atomic E-state index is 13.6. The molecule has 0 amide bonds. The molecule has 0 radical (unpaired) electrons. The van der Waals surface area contributed by atoms with Crippen LogP contribution in [0, 0.1) is 15.9 Å². The first-order valence-corrected chi connectivity index (χ1v) is 6.33. The van der Waals surface area contributed by atoms with Crippen molar-refractivity contribution in [2.45, 2.75) is 25.3 Å². The Morgan fingerprint density at radius 1 is 1.39 bits per heavy atom. The molecule has 0 bridgehead atoms. The summed E-state index contributed by atoms with van der Waals surface area (Å²) in [6, 6.07) is 1.03. The van der Waals surface area contributed by atoms with Gasteiger partial charge in [0.1, 0.15) is 10.8 Å². The molecular weight excluding hydrogens is 282 g/mol. The zero-order valence-electron chi connectivity index (χ0n) is 9.38. The SMILES string of the molecule is O=[N+]([O-])c1c(Cl)c(F)cc(C2CCCCN2)c1Cl. The highest BCUT2D eigenvalue weighted by molar-refractivity contribution is 6.38. The van der Waals surface area contributed by atoms with Gasteiger partial charge >= 0.3 is 5.69 Å². The lowest BCUT2D eigenvalue weighted by Gasteiger charge is -2.24. The molecule has 0 spiro atoms. The number of piperidine rings is 1. The van der Waals surface area contributed by atoms with Gasteiger partial charge in [-0.05, 0) is 31.0 Å². The van der Waals surface area contributed by atoms with E-state index in [0.29, 0.717) is 5.56 Å².